The molecule has 0 radical (unpaired) electrons. The molecule has 1 fully saturated rings. The minimum absolute atomic E-state index is 0.0127. The van der Waals surface area contributed by atoms with Crippen LogP contribution in [0.25, 0.3) is 0 Å². The molecule has 1 atom stereocenters. The van der Waals surface area contributed by atoms with Crippen molar-refractivity contribution in [2.45, 2.75) is 50.6 Å². The summed E-state index contributed by atoms with van der Waals surface area (Å²) in [5.41, 5.74) is 6.64. The second-order valence-corrected chi connectivity index (χ2v) is 8.85. The van der Waals surface area contributed by atoms with Crippen LogP contribution in [0.4, 0.5) is 15.8 Å². The Morgan fingerprint density at radius 3 is 2.41 bits per heavy atom. The van der Waals surface area contributed by atoms with E-state index in [9.17, 15) is 18.8 Å². The number of anilines is 2. The molecule has 1 aliphatic carbocycles. The Balaban J connectivity index is 1.49. The lowest BCUT2D eigenvalue weighted by molar-refractivity contribution is -0.119. The second-order valence-electron chi connectivity index (χ2n) is 8.45. The summed E-state index contributed by atoms with van der Waals surface area (Å²) in [4.78, 5) is 37.6. The van der Waals surface area contributed by atoms with Crippen LogP contribution in [-0.2, 0) is 9.59 Å². The van der Waals surface area contributed by atoms with Gasteiger partial charge in [0.1, 0.15) is 17.6 Å². The standard InChI is InChI=1S/C24H25ClFN5O3/c25-19-11-8-16(12-18(19)23(33)28-15-4-2-1-3-5-15)29-24(34)20-13-21(22(27)32)31(30-20)17-9-6-14(26)7-10-17/h6-12,15,21H,1-5,13H2,(H2,27,32)(H,28,33)(H,29,34). The van der Waals surface area contributed by atoms with Crippen molar-refractivity contribution in [2.24, 2.45) is 10.8 Å². The SMILES string of the molecule is NC(=O)C1CC(C(=O)Nc2ccc(Cl)c(C(=O)NC3CCCCC3)c2)=NN1c1ccc(F)cc1. The van der Waals surface area contributed by atoms with Crippen LogP contribution in [0.3, 0.4) is 0 Å². The van der Waals surface area contributed by atoms with Crippen LogP contribution in [0.2, 0.25) is 5.02 Å². The highest BCUT2D eigenvalue weighted by molar-refractivity contribution is 6.44. The third-order valence-electron chi connectivity index (χ3n) is 6.00. The molecular formula is C24H25ClFN5O3. The Hall–Kier alpha value is -3.46. The van der Waals surface area contributed by atoms with Crippen molar-refractivity contribution in [1.82, 2.24) is 5.32 Å². The lowest BCUT2D eigenvalue weighted by atomic mass is 9.95. The van der Waals surface area contributed by atoms with E-state index < -0.39 is 23.7 Å². The van der Waals surface area contributed by atoms with Crippen molar-refractivity contribution in [3.63, 3.8) is 0 Å². The fraction of sp³-hybridized carbons (Fsp3) is 0.333. The van der Waals surface area contributed by atoms with Crippen molar-refractivity contribution in [3.8, 4) is 0 Å². The maximum absolute atomic E-state index is 13.3. The first-order valence-corrected chi connectivity index (χ1v) is 11.5. The summed E-state index contributed by atoms with van der Waals surface area (Å²) in [6.07, 6.45) is 5.20. The Labute approximate surface area is 201 Å². The van der Waals surface area contributed by atoms with Gasteiger partial charge in [-0.1, -0.05) is 30.9 Å². The van der Waals surface area contributed by atoms with E-state index in [4.69, 9.17) is 17.3 Å². The number of rotatable bonds is 6. The number of carbonyl (C=O) groups is 3. The fourth-order valence-corrected chi connectivity index (χ4v) is 4.39. The van der Waals surface area contributed by atoms with Gasteiger partial charge >= 0.3 is 0 Å². The number of carbonyl (C=O) groups excluding carboxylic acids is 3. The van der Waals surface area contributed by atoms with Crippen molar-refractivity contribution in [1.29, 1.82) is 0 Å². The fourth-order valence-electron chi connectivity index (χ4n) is 4.19. The number of benzene rings is 2. The molecular weight excluding hydrogens is 461 g/mol. The number of nitrogens with two attached hydrogens (primary N) is 1. The van der Waals surface area contributed by atoms with E-state index in [1.54, 1.807) is 12.1 Å². The molecule has 34 heavy (non-hydrogen) atoms. The van der Waals surface area contributed by atoms with Crippen LogP contribution in [0.15, 0.2) is 47.6 Å². The van der Waals surface area contributed by atoms with Gasteiger partial charge in [-0.15, -0.1) is 0 Å². The number of hydrazone groups is 1. The van der Waals surface area contributed by atoms with E-state index in [0.717, 1.165) is 25.7 Å². The van der Waals surface area contributed by atoms with Crippen LogP contribution in [0.5, 0.6) is 0 Å². The summed E-state index contributed by atoms with van der Waals surface area (Å²) >= 11 is 6.24. The number of amides is 3. The van der Waals surface area contributed by atoms with Gasteiger partial charge in [-0.2, -0.15) is 5.10 Å². The number of hydrogen-bond acceptors (Lipinski definition) is 5. The Morgan fingerprint density at radius 1 is 1.03 bits per heavy atom. The molecule has 1 heterocycles. The smallest absolute Gasteiger partial charge is 0.271 e. The van der Waals surface area contributed by atoms with E-state index in [2.05, 4.69) is 15.7 Å². The van der Waals surface area contributed by atoms with Crippen molar-refractivity contribution in [3.05, 3.63) is 58.9 Å². The largest absolute Gasteiger partial charge is 0.368 e. The van der Waals surface area contributed by atoms with E-state index in [-0.39, 0.29) is 34.7 Å². The van der Waals surface area contributed by atoms with E-state index in [1.165, 1.54) is 41.8 Å². The number of nitrogens with zero attached hydrogens (tertiary/aromatic N) is 2. The Morgan fingerprint density at radius 2 is 1.74 bits per heavy atom. The van der Waals surface area contributed by atoms with Gasteiger partial charge in [0, 0.05) is 18.2 Å². The van der Waals surface area contributed by atoms with Gasteiger partial charge in [-0.05, 0) is 55.3 Å². The lowest BCUT2D eigenvalue weighted by Crippen LogP contribution is -2.39. The molecule has 0 aromatic heterocycles. The van der Waals surface area contributed by atoms with Gasteiger partial charge in [-0.25, -0.2) is 4.39 Å². The number of primary amides is 1. The maximum atomic E-state index is 13.3. The molecule has 178 valence electrons. The summed E-state index contributed by atoms with van der Waals surface area (Å²) < 4.78 is 13.3. The minimum Gasteiger partial charge on any atom is -0.368 e. The van der Waals surface area contributed by atoms with Crippen molar-refractivity contribution >= 4 is 46.4 Å². The molecule has 0 saturated heterocycles. The molecule has 10 heteroatoms. The molecule has 1 unspecified atom stereocenters. The third kappa shape index (κ3) is 5.36. The summed E-state index contributed by atoms with van der Waals surface area (Å²) in [5.74, 6) is -1.94. The molecule has 3 amide bonds. The van der Waals surface area contributed by atoms with Gasteiger partial charge in [0.05, 0.1) is 16.3 Å². The van der Waals surface area contributed by atoms with Gasteiger partial charge in [0.2, 0.25) is 5.91 Å². The molecule has 8 nitrogen and oxygen atoms in total. The first-order valence-electron chi connectivity index (χ1n) is 11.1. The number of hydrogen-bond donors (Lipinski definition) is 3. The predicted molar refractivity (Wildman–Crippen MR) is 128 cm³/mol. The van der Waals surface area contributed by atoms with E-state index in [1.807, 2.05) is 0 Å². The zero-order valence-corrected chi connectivity index (χ0v) is 19.1. The van der Waals surface area contributed by atoms with Crippen LogP contribution in [0.1, 0.15) is 48.9 Å². The molecule has 1 aliphatic heterocycles. The molecule has 2 aliphatic rings. The Kier molecular flexibility index (Phi) is 7.12. The summed E-state index contributed by atoms with van der Waals surface area (Å²) in [7, 11) is 0. The molecule has 0 spiro atoms. The highest BCUT2D eigenvalue weighted by atomic mass is 35.5. The highest BCUT2D eigenvalue weighted by Crippen LogP contribution is 2.26. The van der Waals surface area contributed by atoms with Crippen LogP contribution >= 0.6 is 11.6 Å². The first kappa shape index (κ1) is 23.7. The van der Waals surface area contributed by atoms with Crippen molar-refractivity contribution in [2.75, 3.05) is 10.3 Å². The normalized spacial score (nSPS) is 18.4. The van der Waals surface area contributed by atoms with Crippen LogP contribution in [0, 0.1) is 5.82 Å². The predicted octanol–water partition coefficient (Wildman–Crippen LogP) is 3.60. The minimum atomic E-state index is -0.881. The summed E-state index contributed by atoms with van der Waals surface area (Å²) in [6, 6.07) is 9.23. The van der Waals surface area contributed by atoms with Gasteiger partial charge in [-0.3, -0.25) is 19.4 Å². The zero-order valence-electron chi connectivity index (χ0n) is 18.4. The monoisotopic (exact) mass is 485 g/mol. The molecule has 1 saturated carbocycles. The molecule has 4 rings (SSSR count). The quantitative estimate of drug-likeness (QED) is 0.579. The second kappa shape index (κ2) is 10.2. The summed E-state index contributed by atoms with van der Waals surface area (Å²) in [5, 5.41) is 11.6. The number of halogens is 2. The molecule has 2 aromatic rings. The van der Waals surface area contributed by atoms with E-state index in [0.29, 0.717) is 11.4 Å². The highest BCUT2D eigenvalue weighted by Gasteiger charge is 2.35. The summed E-state index contributed by atoms with van der Waals surface area (Å²) in [6.45, 7) is 0. The van der Waals surface area contributed by atoms with Crippen LogP contribution < -0.4 is 21.4 Å². The third-order valence-corrected chi connectivity index (χ3v) is 6.33. The van der Waals surface area contributed by atoms with Gasteiger partial charge < -0.3 is 16.4 Å². The Bertz CT molecular complexity index is 1130. The molecule has 4 N–H and O–H groups in total. The lowest BCUT2D eigenvalue weighted by Gasteiger charge is -2.23. The van der Waals surface area contributed by atoms with Gasteiger partial charge in [0.25, 0.3) is 11.8 Å². The molecule has 2 aromatic carbocycles. The van der Waals surface area contributed by atoms with Crippen LogP contribution in [-0.4, -0.2) is 35.5 Å². The van der Waals surface area contributed by atoms with Gasteiger partial charge in [0.15, 0.2) is 0 Å². The average Bonchev–Trinajstić information content (AvgIpc) is 3.27. The van der Waals surface area contributed by atoms with Crippen molar-refractivity contribution < 1.29 is 18.8 Å². The maximum Gasteiger partial charge on any atom is 0.271 e. The molecule has 0 bridgehead atoms. The topological polar surface area (TPSA) is 117 Å². The average molecular weight is 486 g/mol. The first-order chi connectivity index (χ1) is 16.3. The number of nitrogens with one attached hydrogen (secondary N) is 2. The zero-order chi connectivity index (χ0) is 24.2. The van der Waals surface area contributed by atoms with E-state index >= 15 is 0 Å².